The van der Waals surface area contributed by atoms with Crippen LogP contribution in [0.4, 0.5) is 5.69 Å². The lowest BCUT2D eigenvalue weighted by Crippen LogP contribution is -2.39. The van der Waals surface area contributed by atoms with E-state index in [9.17, 15) is 13.2 Å². The van der Waals surface area contributed by atoms with Gasteiger partial charge in [-0.3, -0.25) is 9.10 Å². The van der Waals surface area contributed by atoms with E-state index >= 15 is 0 Å². The smallest absolute Gasteiger partial charge is 0.232 e. The summed E-state index contributed by atoms with van der Waals surface area (Å²) in [5, 5.41) is 3.17. The first-order chi connectivity index (χ1) is 12.4. The highest BCUT2D eigenvalue weighted by atomic mass is 32.2. The molecule has 2 aliphatic rings. The highest BCUT2D eigenvalue weighted by molar-refractivity contribution is 7.92. The fourth-order valence-corrected chi connectivity index (χ4v) is 5.43. The van der Waals surface area contributed by atoms with Gasteiger partial charge in [-0.2, -0.15) is 0 Å². The number of amides is 1. The van der Waals surface area contributed by atoms with Crippen LogP contribution in [0.25, 0.3) is 0 Å². The number of anilines is 1. The number of rotatable bonds is 8. The fourth-order valence-electron chi connectivity index (χ4n) is 4.47. The predicted octanol–water partition coefficient (Wildman–Crippen LogP) is 3.10. The number of hydrogen-bond donors (Lipinski definition) is 1. The molecule has 1 amide bonds. The molecule has 0 radical (unpaired) electrons. The quantitative estimate of drug-likeness (QED) is 0.756. The van der Waals surface area contributed by atoms with Gasteiger partial charge in [-0.1, -0.05) is 25.5 Å². The Bertz CT molecular complexity index is 730. The number of nitrogens with one attached hydrogen (secondary N) is 1. The second-order valence-corrected chi connectivity index (χ2v) is 9.71. The topological polar surface area (TPSA) is 66.5 Å². The number of aryl methyl sites for hydroxylation is 1. The maximum Gasteiger partial charge on any atom is 0.232 e. The number of benzene rings is 1. The zero-order valence-electron chi connectivity index (χ0n) is 15.8. The van der Waals surface area contributed by atoms with E-state index in [0.29, 0.717) is 37.0 Å². The van der Waals surface area contributed by atoms with Gasteiger partial charge in [-0.15, -0.1) is 0 Å². The lowest BCUT2D eigenvalue weighted by atomic mass is 9.95. The Hall–Kier alpha value is -1.56. The minimum absolute atomic E-state index is 0.0531. The molecule has 3 rings (SSSR count). The maximum atomic E-state index is 12.2. The predicted molar refractivity (Wildman–Crippen MR) is 105 cm³/mol. The lowest BCUT2D eigenvalue weighted by molar-refractivity contribution is -0.122. The first-order valence-electron chi connectivity index (χ1n) is 9.73. The summed E-state index contributed by atoms with van der Waals surface area (Å²) in [4.78, 5) is 12.2. The molecule has 0 saturated heterocycles. The van der Waals surface area contributed by atoms with Crippen LogP contribution >= 0.6 is 0 Å². The van der Waals surface area contributed by atoms with E-state index < -0.39 is 10.0 Å². The van der Waals surface area contributed by atoms with E-state index in [1.165, 1.54) is 35.4 Å². The van der Waals surface area contributed by atoms with E-state index in [4.69, 9.17) is 0 Å². The van der Waals surface area contributed by atoms with Crippen molar-refractivity contribution >= 4 is 21.6 Å². The van der Waals surface area contributed by atoms with Crippen molar-refractivity contribution in [2.75, 3.05) is 17.1 Å². The Balaban J connectivity index is 1.52. The molecule has 2 aliphatic carbocycles. The Morgan fingerprint density at radius 2 is 1.92 bits per heavy atom. The molecule has 0 aromatic heterocycles. The van der Waals surface area contributed by atoms with Crippen LogP contribution in [0.2, 0.25) is 0 Å². The number of carbonyl (C=O) groups is 1. The number of nitrogens with zero attached hydrogens (tertiary/aromatic N) is 1. The van der Waals surface area contributed by atoms with Gasteiger partial charge in [-0.25, -0.2) is 8.42 Å². The molecule has 6 heteroatoms. The van der Waals surface area contributed by atoms with Crippen LogP contribution in [-0.2, 0) is 21.2 Å². The van der Waals surface area contributed by atoms with Crippen molar-refractivity contribution in [1.29, 1.82) is 0 Å². The largest absolute Gasteiger partial charge is 0.353 e. The number of fused-ring (bicyclic) bond motifs is 2. The summed E-state index contributed by atoms with van der Waals surface area (Å²) < 4.78 is 25.7. The van der Waals surface area contributed by atoms with Crippen LogP contribution in [0.5, 0.6) is 0 Å². The van der Waals surface area contributed by atoms with Crippen molar-refractivity contribution in [2.45, 2.75) is 57.9 Å². The van der Waals surface area contributed by atoms with Crippen LogP contribution in [-0.4, -0.2) is 33.2 Å². The number of sulfonamides is 1. The Morgan fingerprint density at radius 1 is 1.19 bits per heavy atom. The Kier molecular flexibility index (Phi) is 5.90. The molecule has 2 saturated carbocycles. The average Bonchev–Trinajstić information content (AvgIpc) is 3.21. The molecular formula is C20H30N2O3S. The summed E-state index contributed by atoms with van der Waals surface area (Å²) in [5.41, 5.74) is 1.84. The standard InChI is InChI=1S/C20H30N2O3S/c1-3-15-7-10-18(11-8-15)22(26(2,24)25)12-4-5-20(23)21-19-14-16-6-9-17(19)13-16/h7-8,10-11,16-17,19H,3-6,9,12-14H2,1-2H3,(H,21,23). The summed E-state index contributed by atoms with van der Waals surface area (Å²) in [6.07, 6.45) is 7.97. The molecule has 0 spiro atoms. The van der Waals surface area contributed by atoms with Gasteiger partial charge in [0.05, 0.1) is 11.9 Å². The van der Waals surface area contributed by atoms with Crippen LogP contribution < -0.4 is 9.62 Å². The fraction of sp³-hybridized carbons (Fsp3) is 0.650. The van der Waals surface area contributed by atoms with Crippen LogP contribution in [0.1, 0.15) is 51.0 Å². The molecule has 0 heterocycles. The number of hydrogen-bond acceptors (Lipinski definition) is 3. The molecular weight excluding hydrogens is 348 g/mol. The number of carbonyl (C=O) groups excluding carboxylic acids is 1. The third kappa shape index (κ3) is 4.58. The average molecular weight is 379 g/mol. The molecule has 26 heavy (non-hydrogen) atoms. The zero-order valence-corrected chi connectivity index (χ0v) is 16.6. The van der Waals surface area contributed by atoms with E-state index in [0.717, 1.165) is 18.8 Å². The molecule has 0 aliphatic heterocycles. The second kappa shape index (κ2) is 7.99. The second-order valence-electron chi connectivity index (χ2n) is 7.81. The van der Waals surface area contributed by atoms with Gasteiger partial charge < -0.3 is 5.32 Å². The van der Waals surface area contributed by atoms with Gasteiger partial charge in [-0.05, 0) is 61.6 Å². The van der Waals surface area contributed by atoms with Gasteiger partial charge in [0.25, 0.3) is 0 Å². The minimum Gasteiger partial charge on any atom is -0.353 e. The molecule has 5 nitrogen and oxygen atoms in total. The minimum atomic E-state index is -3.36. The van der Waals surface area contributed by atoms with Crippen LogP contribution in [0.15, 0.2) is 24.3 Å². The third-order valence-electron chi connectivity index (χ3n) is 5.88. The normalized spacial score (nSPS) is 24.6. The lowest BCUT2D eigenvalue weighted by Gasteiger charge is -2.24. The van der Waals surface area contributed by atoms with Crippen LogP contribution in [0.3, 0.4) is 0 Å². The first-order valence-corrected chi connectivity index (χ1v) is 11.6. The van der Waals surface area contributed by atoms with Gasteiger partial charge in [0, 0.05) is 19.0 Å². The summed E-state index contributed by atoms with van der Waals surface area (Å²) in [5.74, 6) is 1.52. The van der Waals surface area contributed by atoms with Crippen molar-refractivity contribution < 1.29 is 13.2 Å². The summed E-state index contributed by atoms with van der Waals surface area (Å²) in [6.45, 7) is 2.40. The Labute approximate surface area is 157 Å². The van der Waals surface area contributed by atoms with Crippen molar-refractivity contribution in [3.05, 3.63) is 29.8 Å². The summed E-state index contributed by atoms with van der Waals surface area (Å²) >= 11 is 0. The van der Waals surface area contributed by atoms with Gasteiger partial charge in [0.15, 0.2) is 0 Å². The highest BCUT2D eigenvalue weighted by Crippen LogP contribution is 2.44. The summed E-state index contributed by atoms with van der Waals surface area (Å²) in [7, 11) is -3.36. The third-order valence-corrected chi connectivity index (χ3v) is 7.08. The SMILES string of the molecule is CCc1ccc(N(CCCC(=O)NC2CC3CCC2C3)S(C)(=O)=O)cc1. The molecule has 1 aromatic carbocycles. The van der Waals surface area contributed by atoms with E-state index in [1.54, 1.807) is 0 Å². The van der Waals surface area contributed by atoms with E-state index in [2.05, 4.69) is 12.2 Å². The maximum absolute atomic E-state index is 12.2. The van der Waals surface area contributed by atoms with Gasteiger partial charge >= 0.3 is 0 Å². The molecule has 2 bridgehead atoms. The monoisotopic (exact) mass is 378 g/mol. The molecule has 3 atom stereocenters. The molecule has 144 valence electrons. The van der Waals surface area contributed by atoms with Crippen molar-refractivity contribution in [3.8, 4) is 0 Å². The van der Waals surface area contributed by atoms with Crippen LogP contribution in [0, 0.1) is 11.8 Å². The van der Waals surface area contributed by atoms with E-state index in [1.807, 2.05) is 24.3 Å². The highest BCUT2D eigenvalue weighted by Gasteiger charge is 2.39. The molecule has 3 unspecified atom stereocenters. The molecule has 1 aromatic rings. The van der Waals surface area contributed by atoms with Crippen molar-refractivity contribution in [3.63, 3.8) is 0 Å². The Morgan fingerprint density at radius 3 is 2.46 bits per heavy atom. The van der Waals surface area contributed by atoms with Crippen molar-refractivity contribution in [2.24, 2.45) is 11.8 Å². The van der Waals surface area contributed by atoms with Gasteiger partial charge in [0.1, 0.15) is 0 Å². The molecule has 1 N–H and O–H groups in total. The van der Waals surface area contributed by atoms with Gasteiger partial charge in [0.2, 0.25) is 15.9 Å². The van der Waals surface area contributed by atoms with Crippen molar-refractivity contribution in [1.82, 2.24) is 5.32 Å². The summed E-state index contributed by atoms with van der Waals surface area (Å²) in [6, 6.07) is 7.93. The van der Waals surface area contributed by atoms with E-state index in [-0.39, 0.29) is 5.91 Å². The zero-order chi connectivity index (χ0) is 18.7. The first kappa shape index (κ1) is 19.2. The molecule has 2 fully saturated rings.